The molecule has 6 rings (SSSR count). The second kappa shape index (κ2) is 10.0. The lowest BCUT2D eigenvalue weighted by atomic mass is 9.64. The predicted molar refractivity (Wildman–Crippen MR) is 143 cm³/mol. The van der Waals surface area contributed by atoms with Gasteiger partial charge in [0.15, 0.2) is 5.79 Å². The van der Waals surface area contributed by atoms with E-state index < -0.39 is 35.6 Å². The lowest BCUT2D eigenvalue weighted by Crippen LogP contribution is -2.54. The summed E-state index contributed by atoms with van der Waals surface area (Å²) < 4.78 is 6.26. The molecule has 1 saturated carbocycles. The third kappa shape index (κ3) is 4.38. The van der Waals surface area contributed by atoms with Gasteiger partial charge < -0.3 is 20.1 Å². The number of imide groups is 1. The number of aryl methyl sites for hydroxylation is 2. The van der Waals surface area contributed by atoms with Gasteiger partial charge in [0.05, 0.1) is 24.5 Å². The summed E-state index contributed by atoms with van der Waals surface area (Å²) >= 11 is 0. The topological polar surface area (TPSA) is 111 Å². The number of aromatic hydroxyl groups is 1. The van der Waals surface area contributed by atoms with Crippen molar-refractivity contribution in [2.24, 2.45) is 23.7 Å². The maximum Gasteiger partial charge on any atom is 0.233 e. The number of ether oxygens (including phenoxy) is 1. The fourth-order valence-electron chi connectivity index (χ4n) is 7.64. The van der Waals surface area contributed by atoms with Gasteiger partial charge in [-0.2, -0.15) is 0 Å². The first-order valence-corrected chi connectivity index (χ1v) is 14.2. The minimum atomic E-state index is -1.69. The molecule has 8 heteroatoms. The fraction of sp³-hybridized carbons (Fsp3) is 0.548. The van der Waals surface area contributed by atoms with Crippen molar-refractivity contribution in [1.29, 1.82) is 0 Å². The summed E-state index contributed by atoms with van der Waals surface area (Å²) in [7, 11) is 0. The van der Waals surface area contributed by atoms with Gasteiger partial charge in [0.2, 0.25) is 11.8 Å². The van der Waals surface area contributed by atoms with E-state index in [1.165, 1.54) is 10.5 Å². The Morgan fingerprint density at radius 1 is 1.00 bits per heavy atom. The van der Waals surface area contributed by atoms with Crippen LogP contribution in [0.25, 0.3) is 0 Å². The molecule has 6 atom stereocenters. The van der Waals surface area contributed by atoms with Gasteiger partial charge in [-0.15, -0.1) is 0 Å². The second-order valence-corrected chi connectivity index (χ2v) is 12.0. The smallest absolute Gasteiger partial charge is 0.233 e. The average Bonchev–Trinajstić information content (AvgIpc) is 3.41. The number of amides is 2. The van der Waals surface area contributed by atoms with Gasteiger partial charge in [0, 0.05) is 37.5 Å². The second-order valence-electron chi connectivity index (χ2n) is 12.0. The zero-order chi connectivity index (χ0) is 27.5. The number of fused-ring (bicyclic) bond motifs is 3. The van der Waals surface area contributed by atoms with Crippen molar-refractivity contribution in [2.75, 3.05) is 19.7 Å². The molecule has 2 aromatic rings. The Labute approximate surface area is 229 Å². The maximum atomic E-state index is 13.9. The molecule has 3 heterocycles. The van der Waals surface area contributed by atoms with Crippen molar-refractivity contribution in [3.8, 4) is 5.75 Å². The van der Waals surface area contributed by atoms with Crippen LogP contribution in [0.4, 0.5) is 0 Å². The van der Waals surface area contributed by atoms with Crippen LogP contribution in [-0.2, 0) is 20.9 Å². The highest BCUT2D eigenvalue weighted by Crippen LogP contribution is 2.58. The van der Waals surface area contributed by atoms with Crippen molar-refractivity contribution in [3.63, 3.8) is 0 Å². The van der Waals surface area contributed by atoms with Crippen LogP contribution in [0.5, 0.6) is 5.75 Å². The number of piperidine rings is 1. The summed E-state index contributed by atoms with van der Waals surface area (Å²) in [6.45, 7) is 5.78. The van der Waals surface area contributed by atoms with Gasteiger partial charge in [0.1, 0.15) is 5.75 Å². The summed E-state index contributed by atoms with van der Waals surface area (Å²) in [4.78, 5) is 31.5. The lowest BCUT2D eigenvalue weighted by Gasteiger charge is -2.44. The highest BCUT2D eigenvalue weighted by atomic mass is 16.6. The van der Waals surface area contributed by atoms with Crippen LogP contribution in [0, 0.1) is 37.5 Å². The molecule has 3 aliphatic heterocycles. The lowest BCUT2D eigenvalue weighted by molar-refractivity contribution is -0.274. The SMILES string of the molecule is Cc1cc([C@@H]2C[C@H]3[C@H]4C(=O)N(C5CCN(Cc6ccccc6)CC5)C(=O)[C@H]4C[C@H](CO)[C@@]3(O)O2)cc(C)c1O. The van der Waals surface area contributed by atoms with E-state index in [9.17, 15) is 24.9 Å². The molecule has 2 aromatic carbocycles. The fourth-order valence-corrected chi connectivity index (χ4v) is 7.64. The molecule has 2 amide bonds. The zero-order valence-corrected chi connectivity index (χ0v) is 22.6. The minimum Gasteiger partial charge on any atom is -0.507 e. The third-order valence-corrected chi connectivity index (χ3v) is 9.67. The summed E-state index contributed by atoms with van der Waals surface area (Å²) in [6.07, 6.45) is 1.56. The number of likely N-dealkylation sites (tertiary alicyclic amines) is 2. The first-order valence-electron chi connectivity index (χ1n) is 14.2. The Bertz CT molecular complexity index is 1240. The van der Waals surface area contributed by atoms with Crippen molar-refractivity contribution in [3.05, 3.63) is 64.7 Å². The first kappa shape index (κ1) is 26.4. The van der Waals surface area contributed by atoms with Gasteiger partial charge in [-0.25, -0.2) is 0 Å². The van der Waals surface area contributed by atoms with E-state index in [1.807, 2.05) is 44.2 Å². The van der Waals surface area contributed by atoms with Crippen molar-refractivity contribution < 1.29 is 29.6 Å². The molecular weight excluding hydrogens is 496 g/mol. The average molecular weight is 535 g/mol. The summed E-state index contributed by atoms with van der Waals surface area (Å²) in [6, 6.07) is 13.8. The Hall–Kier alpha value is -2.78. The van der Waals surface area contributed by atoms with Crippen LogP contribution < -0.4 is 0 Å². The molecule has 0 bridgehead atoms. The minimum absolute atomic E-state index is 0.149. The largest absolute Gasteiger partial charge is 0.507 e. The Kier molecular flexibility index (Phi) is 6.78. The monoisotopic (exact) mass is 534 g/mol. The van der Waals surface area contributed by atoms with E-state index in [1.54, 1.807) is 0 Å². The van der Waals surface area contributed by atoms with Gasteiger partial charge >= 0.3 is 0 Å². The van der Waals surface area contributed by atoms with Crippen LogP contribution >= 0.6 is 0 Å². The van der Waals surface area contributed by atoms with E-state index in [0.717, 1.165) is 38.0 Å². The quantitative estimate of drug-likeness (QED) is 0.506. The molecule has 0 spiro atoms. The van der Waals surface area contributed by atoms with Crippen LogP contribution in [0.15, 0.2) is 42.5 Å². The Morgan fingerprint density at radius 2 is 1.67 bits per heavy atom. The summed E-state index contributed by atoms with van der Waals surface area (Å²) in [5.74, 6) is -4.27. The number of carbonyl (C=O) groups excluding carboxylic acids is 2. The molecule has 4 fully saturated rings. The molecule has 1 aliphatic carbocycles. The molecule has 3 N–H and O–H groups in total. The molecule has 39 heavy (non-hydrogen) atoms. The molecule has 0 unspecified atom stereocenters. The van der Waals surface area contributed by atoms with E-state index >= 15 is 0 Å². The maximum absolute atomic E-state index is 13.9. The number of benzene rings is 2. The molecule has 3 saturated heterocycles. The van der Waals surface area contributed by atoms with Crippen molar-refractivity contribution in [1.82, 2.24) is 9.80 Å². The Morgan fingerprint density at radius 3 is 2.31 bits per heavy atom. The highest BCUT2D eigenvalue weighted by Gasteiger charge is 2.67. The number of aliphatic hydroxyl groups excluding tert-OH is 1. The van der Waals surface area contributed by atoms with E-state index in [0.29, 0.717) is 17.5 Å². The number of phenolic OH excluding ortho intramolecular Hbond substituents is 1. The number of hydrogen-bond donors (Lipinski definition) is 3. The van der Waals surface area contributed by atoms with E-state index in [-0.39, 0.29) is 36.6 Å². The first-order chi connectivity index (χ1) is 18.7. The predicted octanol–water partition coefficient (Wildman–Crippen LogP) is 3.05. The van der Waals surface area contributed by atoms with Gasteiger partial charge in [-0.1, -0.05) is 30.3 Å². The van der Waals surface area contributed by atoms with Gasteiger partial charge in [0.25, 0.3) is 0 Å². The molecule has 0 radical (unpaired) electrons. The van der Waals surface area contributed by atoms with Crippen LogP contribution in [-0.4, -0.2) is 68.5 Å². The third-order valence-electron chi connectivity index (χ3n) is 9.67. The number of aliphatic hydroxyl groups is 2. The molecule has 4 aliphatic rings. The number of hydrogen-bond acceptors (Lipinski definition) is 7. The van der Waals surface area contributed by atoms with E-state index in [4.69, 9.17) is 4.74 Å². The number of nitrogens with zero attached hydrogens (tertiary/aromatic N) is 2. The highest BCUT2D eigenvalue weighted by molar-refractivity contribution is 6.06. The Balaban J connectivity index is 1.21. The van der Waals surface area contributed by atoms with Gasteiger partial charge in [-0.05, 0) is 73.9 Å². The standard InChI is InChI=1S/C31H38N2O6/c1-18-12-21(13-19(2)28(18)35)26-15-25-27-24(14-22(17-34)31(25,38)39-26)29(36)33(30(27)37)23-8-10-32(11-9-23)16-20-6-4-3-5-7-20/h3-7,12-13,22-27,34-35,38H,8-11,14-17H2,1-2H3/t22-,24+,25+,26+,27+,31-/m1/s1. The van der Waals surface area contributed by atoms with Gasteiger partial charge in [-0.3, -0.25) is 19.4 Å². The zero-order valence-electron chi connectivity index (χ0n) is 22.6. The normalized spacial score (nSPS) is 33.4. The molecule has 0 aromatic heterocycles. The number of carbonyl (C=O) groups is 2. The van der Waals surface area contributed by atoms with Crippen LogP contribution in [0.3, 0.4) is 0 Å². The summed E-state index contributed by atoms with van der Waals surface area (Å²) in [5.41, 5.74) is 3.49. The molecular formula is C31H38N2O6. The molecule has 8 nitrogen and oxygen atoms in total. The number of rotatable bonds is 5. The van der Waals surface area contributed by atoms with Crippen molar-refractivity contribution in [2.45, 2.75) is 64.0 Å². The van der Waals surface area contributed by atoms with E-state index in [2.05, 4.69) is 17.0 Å². The summed E-state index contributed by atoms with van der Waals surface area (Å²) in [5, 5.41) is 32.3. The molecule has 208 valence electrons. The number of phenols is 1. The van der Waals surface area contributed by atoms with Crippen LogP contribution in [0.2, 0.25) is 0 Å². The van der Waals surface area contributed by atoms with Crippen molar-refractivity contribution >= 4 is 11.8 Å². The van der Waals surface area contributed by atoms with Crippen LogP contribution in [0.1, 0.15) is 54.0 Å².